The lowest BCUT2D eigenvalue weighted by molar-refractivity contribution is 0.0708. The van der Waals surface area contributed by atoms with E-state index >= 15 is 0 Å². The van der Waals surface area contributed by atoms with Crippen molar-refractivity contribution in [3.05, 3.63) is 41.3 Å². The van der Waals surface area contributed by atoms with Crippen LogP contribution in [0, 0.1) is 13.8 Å². The summed E-state index contributed by atoms with van der Waals surface area (Å²) in [6, 6.07) is 6.11. The maximum atomic E-state index is 12.6. The van der Waals surface area contributed by atoms with E-state index in [4.69, 9.17) is 4.52 Å². The number of carbonyl (C=O) groups excluding carboxylic acids is 1. The molecular weight excluding hydrogens is 358 g/mol. The van der Waals surface area contributed by atoms with Gasteiger partial charge >= 0.3 is 0 Å². The minimum atomic E-state index is -3.72. The molecule has 140 valence electrons. The number of para-hydroxylation sites is 1. The van der Waals surface area contributed by atoms with Crippen LogP contribution in [0.4, 0.5) is 0 Å². The van der Waals surface area contributed by atoms with E-state index in [1.165, 1.54) is 6.07 Å². The van der Waals surface area contributed by atoms with Crippen molar-refractivity contribution in [1.82, 2.24) is 14.8 Å². The van der Waals surface area contributed by atoms with Gasteiger partial charge in [0, 0.05) is 19.1 Å². The molecule has 26 heavy (non-hydrogen) atoms. The molecule has 1 aliphatic heterocycles. The minimum Gasteiger partial charge on any atom is -0.507 e. The van der Waals surface area contributed by atoms with Crippen LogP contribution in [0.1, 0.15) is 34.7 Å². The third-order valence-electron chi connectivity index (χ3n) is 4.48. The van der Waals surface area contributed by atoms with E-state index in [2.05, 4.69) is 9.88 Å². The summed E-state index contributed by atoms with van der Waals surface area (Å²) in [5.41, 5.74) is 0.574. The Labute approximate surface area is 151 Å². The standard InChI is InChI=1S/C17H21N3O5S/c1-11-16(12(2)25-18-11)26(23,24)19-13-7-9-20(10-8-13)17(22)14-5-3-4-6-15(14)21/h3-6,13,19,21H,7-10H2,1-2H3. The highest BCUT2D eigenvalue weighted by molar-refractivity contribution is 7.89. The molecule has 1 fully saturated rings. The minimum absolute atomic E-state index is 0.0567. The Morgan fingerprint density at radius 1 is 1.27 bits per heavy atom. The number of amides is 1. The Morgan fingerprint density at radius 2 is 1.92 bits per heavy atom. The number of rotatable bonds is 4. The molecule has 1 amide bonds. The molecule has 2 heterocycles. The predicted octanol–water partition coefficient (Wildman–Crippen LogP) is 1.58. The number of nitrogens with one attached hydrogen (secondary N) is 1. The van der Waals surface area contributed by atoms with Gasteiger partial charge in [-0.05, 0) is 38.8 Å². The van der Waals surface area contributed by atoms with Gasteiger partial charge in [0.05, 0.1) is 5.56 Å². The number of phenolic OH excluding ortho intramolecular Hbond substituents is 1. The highest BCUT2D eigenvalue weighted by Gasteiger charge is 2.30. The van der Waals surface area contributed by atoms with E-state index in [-0.39, 0.29) is 33.9 Å². The maximum Gasteiger partial charge on any atom is 0.257 e. The number of phenols is 1. The summed E-state index contributed by atoms with van der Waals surface area (Å²) in [6.45, 7) is 3.95. The third kappa shape index (κ3) is 3.58. The van der Waals surface area contributed by atoms with Crippen molar-refractivity contribution in [2.45, 2.75) is 37.6 Å². The second-order valence-electron chi connectivity index (χ2n) is 6.36. The summed E-state index contributed by atoms with van der Waals surface area (Å²) < 4.78 is 32.7. The van der Waals surface area contributed by atoms with Crippen LogP contribution in [-0.4, -0.2) is 48.6 Å². The van der Waals surface area contributed by atoms with Crippen molar-refractivity contribution in [3.8, 4) is 5.75 Å². The molecule has 8 nitrogen and oxygen atoms in total. The van der Waals surface area contributed by atoms with Crippen LogP contribution in [0.15, 0.2) is 33.7 Å². The van der Waals surface area contributed by atoms with Gasteiger partial charge in [0.15, 0.2) is 5.76 Å². The van der Waals surface area contributed by atoms with E-state index < -0.39 is 10.0 Å². The quantitative estimate of drug-likeness (QED) is 0.834. The SMILES string of the molecule is Cc1noc(C)c1S(=O)(=O)NC1CCN(C(=O)c2ccccc2O)CC1. The van der Waals surface area contributed by atoms with Crippen LogP contribution in [-0.2, 0) is 10.0 Å². The second-order valence-corrected chi connectivity index (χ2v) is 8.01. The van der Waals surface area contributed by atoms with E-state index in [0.717, 1.165) is 0 Å². The summed E-state index contributed by atoms with van der Waals surface area (Å²) in [6.07, 6.45) is 0.976. The number of sulfonamides is 1. The van der Waals surface area contributed by atoms with Crippen molar-refractivity contribution in [2.24, 2.45) is 0 Å². The zero-order valence-electron chi connectivity index (χ0n) is 14.6. The number of aromatic hydroxyl groups is 1. The van der Waals surface area contributed by atoms with Gasteiger partial charge in [0.2, 0.25) is 10.0 Å². The molecule has 1 saturated heterocycles. The van der Waals surface area contributed by atoms with Crippen molar-refractivity contribution < 1.29 is 22.8 Å². The molecule has 9 heteroatoms. The fourth-order valence-corrected chi connectivity index (χ4v) is 4.80. The largest absolute Gasteiger partial charge is 0.507 e. The molecule has 3 rings (SSSR count). The molecule has 2 N–H and O–H groups in total. The Hall–Kier alpha value is -2.39. The molecule has 0 unspecified atom stereocenters. The van der Waals surface area contributed by atoms with Crippen LogP contribution in [0.5, 0.6) is 5.75 Å². The Kier molecular flexibility index (Phi) is 5.01. The van der Waals surface area contributed by atoms with E-state index in [1.807, 2.05) is 0 Å². The normalized spacial score (nSPS) is 16.0. The molecular formula is C17H21N3O5S. The molecule has 1 aliphatic rings. The van der Waals surface area contributed by atoms with Crippen LogP contribution < -0.4 is 4.72 Å². The number of aromatic nitrogens is 1. The fourth-order valence-electron chi connectivity index (χ4n) is 3.16. The summed E-state index contributed by atoms with van der Waals surface area (Å²) in [5.74, 6) is -0.0592. The van der Waals surface area contributed by atoms with Gasteiger partial charge < -0.3 is 14.5 Å². The summed E-state index contributed by atoms with van der Waals surface area (Å²) in [4.78, 5) is 14.2. The fraction of sp³-hybridized carbons (Fsp3) is 0.412. The zero-order chi connectivity index (χ0) is 18.9. The Morgan fingerprint density at radius 3 is 2.50 bits per heavy atom. The van der Waals surface area contributed by atoms with Gasteiger partial charge in [-0.3, -0.25) is 4.79 Å². The van der Waals surface area contributed by atoms with Crippen molar-refractivity contribution in [1.29, 1.82) is 0 Å². The number of nitrogens with zero attached hydrogens (tertiary/aromatic N) is 2. The lowest BCUT2D eigenvalue weighted by Crippen LogP contribution is -2.46. The summed E-state index contributed by atoms with van der Waals surface area (Å²) in [5, 5.41) is 13.5. The van der Waals surface area contributed by atoms with Gasteiger partial charge in [0.1, 0.15) is 16.3 Å². The van der Waals surface area contributed by atoms with E-state index in [0.29, 0.717) is 31.6 Å². The first-order valence-corrected chi connectivity index (χ1v) is 9.80. The molecule has 1 aromatic heterocycles. The Balaban J connectivity index is 1.64. The molecule has 0 radical (unpaired) electrons. The summed E-state index contributed by atoms with van der Waals surface area (Å²) in [7, 11) is -3.72. The molecule has 0 spiro atoms. The van der Waals surface area contributed by atoms with Crippen LogP contribution in [0.3, 0.4) is 0 Å². The lowest BCUT2D eigenvalue weighted by Gasteiger charge is -2.32. The molecule has 2 aromatic rings. The highest BCUT2D eigenvalue weighted by Crippen LogP contribution is 2.23. The van der Waals surface area contributed by atoms with Crippen LogP contribution in [0.2, 0.25) is 0 Å². The first kappa shape index (κ1) is 18.4. The molecule has 0 atom stereocenters. The maximum absolute atomic E-state index is 12.6. The number of likely N-dealkylation sites (tertiary alicyclic amines) is 1. The predicted molar refractivity (Wildman–Crippen MR) is 93.3 cm³/mol. The van der Waals surface area contributed by atoms with Crippen LogP contribution >= 0.6 is 0 Å². The topological polar surface area (TPSA) is 113 Å². The average Bonchev–Trinajstić information content (AvgIpc) is 2.94. The zero-order valence-corrected chi connectivity index (χ0v) is 15.4. The van der Waals surface area contributed by atoms with Crippen molar-refractivity contribution in [3.63, 3.8) is 0 Å². The first-order chi connectivity index (χ1) is 12.3. The number of carbonyl (C=O) groups is 1. The van der Waals surface area contributed by atoms with Gasteiger partial charge in [-0.25, -0.2) is 13.1 Å². The lowest BCUT2D eigenvalue weighted by atomic mass is 10.0. The highest BCUT2D eigenvalue weighted by atomic mass is 32.2. The van der Waals surface area contributed by atoms with Gasteiger partial charge in [-0.2, -0.15) is 0 Å². The van der Waals surface area contributed by atoms with Gasteiger partial charge in [-0.15, -0.1) is 0 Å². The van der Waals surface area contributed by atoms with Gasteiger partial charge in [0.25, 0.3) is 5.91 Å². The number of piperidine rings is 1. The van der Waals surface area contributed by atoms with E-state index in [1.54, 1.807) is 36.9 Å². The molecule has 0 bridgehead atoms. The number of aryl methyl sites for hydroxylation is 2. The average molecular weight is 379 g/mol. The molecule has 0 saturated carbocycles. The van der Waals surface area contributed by atoms with Crippen molar-refractivity contribution >= 4 is 15.9 Å². The van der Waals surface area contributed by atoms with Gasteiger partial charge in [-0.1, -0.05) is 17.3 Å². The monoisotopic (exact) mass is 379 g/mol. The third-order valence-corrected chi connectivity index (χ3v) is 6.24. The molecule has 1 aromatic carbocycles. The first-order valence-electron chi connectivity index (χ1n) is 8.32. The van der Waals surface area contributed by atoms with Crippen LogP contribution in [0.25, 0.3) is 0 Å². The second kappa shape index (κ2) is 7.08. The number of hydrogen-bond acceptors (Lipinski definition) is 6. The number of hydrogen-bond donors (Lipinski definition) is 2. The van der Waals surface area contributed by atoms with E-state index in [9.17, 15) is 18.3 Å². The smallest absolute Gasteiger partial charge is 0.257 e. The Bertz CT molecular complexity index is 895. The van der Waals surface area contributed by atoms with Crippen molar-refractivity contribution in [2.75, 3.05) is 13.1 Å². The summed E-state index contributed by atoms with van der Waals surface area (Å²) >= 11 is 0. The number of benzene rings is 1. The molecule has 0 aliphatic carbocycles.